The van der Waals surface area contributed by atoms with Crippen molar-refractivity contribution in [1.82, 2.24) is 0 Å². The van der Waals surface area contributed by atoms with Crippen LogP contribution in [0.25, 0.3) is 0 Å². The minimum absolute atomic E-state index is 0.0562. The average molecular weight is 664 g/mol. The van der Waals surface area contributed by atoms with Gasteiger partial charge in [-0.3, -0.25) is 18.6 Å². The van der Waals surface area contributed by atoms with Crippen molar-refractivity contribution < 1.29 is 37.6 Å². The summed E-state index contributed by atoms with van der Waals surface area (Å²) in [5, 5.41) is 0. The predicted molar refractivity (Wildman–Crippen MR) is 183 cm³/mol. The van der Waals surface area contributed by atoms with Crippen molar-refractivity contribution in [3.63, 3.8) is 0 Å². The zero-order chi connectivity index (χ0) is 33.6. The summed E-state index contributed by atoms with van der Waals surface area (Å²) < 4.78 is 32.6. The largest absolute Gasteiger partial charge is 0.472 e. The van der Waals surface area contributed by atoms with Gasteiger partial charge in [-0.2, -0.15) is 0 Å². The minimum atomic E-state index is -4.36. The van der Waals surface area contributed by atoms with Crippen molar-refractivity contribution in [1.29, 1.82) is 0 Å². The highest BCUT2D eigenvalue weighted by Crippen LogP contribution is 2.43. The standard InChI is InChI=1S/C35H70NO8P/c1-31(2)23-19-15-11-7-5-9-13-17-21-25-34(37)41-29-33(30-43-45(39,40)42-28-27-36)44-35(38)26-22-18-14-10-6-8-12-16-20-24-32(3)4/h31-33H,5-30,36H2,1-4H3,(H,39,40). The molecule has 2 unspecified atom stereocenters. The van der Waals surface area contributed by atoms with Crippen LogP contribution in [-0.4, -0.2) is 49.3 Å². The van der Waals surface area contributed by atoms with Crippen molar-refractivity contribution in [2.75, 3.05) is 26.4 Å². The molecule has 0 amide bonds. The highest BCUT2D eigenvalue weighted by molar-refractivity contribution is 7.47. The normalized spacial score (nSPS) is 13.7. The lowest BCUT2D eigenvalue weighted by molar-refractivity contribution is -0.161. The number of hydrogen-bond donors (Lipinski definition) is 2. The second kappa shape index (κ2) is 30.4. The maximum absolute atomic E-state index is 12.5. The van der Waals surface area contributed by atoms with Crippen LogP contribution >= 0.6 is 7.82 Å². The molecule has 2 atom stereocenters. The Morgan fingerprint density at radius 2 is 1.00 bits per heavy atom. The summed E-state index contributed by atoms with van der Waals surface area (Å²) in [5.74, 6) is 0.752. The summed E-state index contributed by atoms with van der Waals surface area (Å²) in [7, 11) is -4.36. The fourth-order valence-electron chi connectivity index (χ4n) is 5.12. The highest BCUT2D eigenvalue weighted by Gasteiger charge is 2.26. The number of phosphoric ester groups is 1. The maximum atomic E-state index is 12.5. The molecule has 45 heavy (non-hydrogen) atoms. The first-order chi connectivity index (χ1) is 21.6. The Hall–Kier alpha value is -0.990. The van der Waals surface area contributed by atoms with E-state index in [4.69, 9.17) is 24.3 Å². The molecule has 0 saturated heterocycles. The van der Waals surface area contributed by atoms with Crippen LogP contribution in [0.15, 0.2) is 0 Å². The van der Waals surface area contributed by atoms with Gasteiger partial charge in [-0.15, -0.1) is 0 Å². The average Bonchev–Trinajstić information content (AvgIpc) is 2.98. The second-order valence-corrected chi connectivity index (χ2v) is 14.9. The fraction of sp³-hybridized carbons (Fsp3) is 0.943. The van der Waals surface area contributed by atoms with Crippen LogP contribution < -0.4 is 5.73 Å². The fourth-order valence-corrected chi connectivity index (χ4v) is 5.89. The Kier molecular flexibility index (Phi) is 29.7. The number of phosphoric acid groups is 1. The van der Waals surface area contributed by atoms with E-state index < -0.39 is 26.5 Å². The van der Waals surface area contributed by atoms with Crippen molar-refractivity contribution in [2.24, 2.45) is 17.6 Å². The number of ether oxygens (including phenoxy) is 2. The van der Waals surface area contributed by atoms with E-state index in [2.05, 4.69) is 27.7 Å². The third-order valence-corrected chi connectivity index (χ3v) is 8.83. The van der Waals surface area contributed by atoms with E-state index in [0.29, 0.717) is 6.42 Å². The van der Waals surface area contributed by atoms with E-state index >= 15 is 0 Å². The molecule has 0 radical (unpaired) electrons. The van der Waals surface area contributed by atoms with Gasteiger partial charge in [0, 0.05) is 19.4 Å². The lowest BCUT2D eigenvalue weighted by Crippen LogP contribution is -2.29. The molecule has 0 aliphatic rings. The van der Waals surface area contributed by atoms with Crippen LogP contribution in [0.2, 0.25) is 0 Å². The van der Waals surface area contributed by atoms with Crippen LogP contribution in [-0.2, 0) is 32.7 Å². The van der Waals surface area contributed by atoms with Crippen LogP contribution in [0.3, 0.4) is 0 Å². The van der Waals surface area contributed by atoms with Crippen molar-refractivity contribution in [3.8, 4) is 0 Å². The first kappa shape index (κ1) is 44.0. The van der Waals surface area contributed by atoms with Gasteiger partial charge in [-0.1, -0.05) is 143 Å². The Labute approximate surface area is 276 Å². The van der Waals surface area contributed by atoms with Crippen LogP contribution in [0, 0.1) is 11.8 Å². The van der Waals surface area contributed by atoms with E-state index in [-0.39, 0.29) is 38.6 Å². The molecule has 0 aliphatic carbocycles. The van der Waals surface area contributed by atoms with E-state index in [1.807, 2.05) is 0 Å². The molecule has 268 valence electrons. The molecular formula is C35H70NO8P. The van der Waals surface area contributed by atoms with Crippen LogP contribution in [0.5, 0.6) is 0 Å². The topological polar surface area (TPSA) is 134 Å². The Bertz CT molecular complexity index is 749. The molecule has 0 saturated carbocycles. The Morgan fingerprint density at radius 1 is 0.600 bits per heavy atom. The van der Waals surface area contributed by atoms with E-state index in [9.17, 15) is 19.0 Å². The molecule has 0 aromatic carbocycles. The first-order valence-corrected chi connectivity index (χ1v) is 19.7. The lowest BCUT2D eigenvalue weighted by atomic mass is 10.0. The number of nitrogens with two attached hydrogens (primary N) is 1. The summed E-state index contributed by atoms with van der Waals surface area (Å²) in [6.07, 6.45) is 22.9. The maximum Gasteiger partial charge on any atom is 0.472 e. The molecule has 10 heteroatoms. The summed E-state index contributed by atoms with van der Waals surface area (Å²) in [6, 6.07) is 0. The third kappa shape index (κ3) is 32.7. The molecule has 0 heterocycles. The quantitative estimate of drug-likeness (QED) is 0.0400. The highest BCUT2D eigenvalue weighted by atomic mass is 31.2. The summed E-state index contributed by atoms with van der Waals surface area (Å²) >= 11 is 0. The van der Waals surface area contributed by atoms with Gasteiger partial charge in [0.05, 0.1) is 13.2 Å². The predicted octanol–water partition coefficient (Wildman–Crippen LogP) is 9.43. The van der Waals surface area contributed by atoms with Gasteiger partial charge < -0.3 is 20.1 Å². The zero-order valence-corrected chi connectivity index (χ0v) is 30.3. The van der Waals surface area contributed by atoms with Gasteiger partial charge in [-0.05, 0) is 24.7 Å². The summed E-state index contributed by atoms with van der Waals surface area (Å²) in [4.78, 5) is 34.6. The number of rotatable bonds is 33. The summed E-state index contributed by atoms with van der Waals surface area (Å²) in [5.41, 5.74) is 5.32. The van der Waals surface area contributed by atoms with Crippen molar-refractivity contribution in [3.05, 3.63) is 0 Å². The number of carbonyl (C=O) groups is 2. The first-order valence-electron chi connectivity index (χ1n) is 18.2. The van der Waals surface area contributed by atoms with E-state index in [1.165, 1.54) is 89.9 Å². The lowest BCUT2D eigenvalue weighted by Gasteiger charge is -2.19. The molecule has 0 bridgehead atoms. The van der Waals surface area contributed by atoms with Crippen LogP contribution in [0.1, 0.15) is 169 Å². The van der Waals surface area contributed by atoms with Gasteiger partial charge in [0.25, 0.3) is 0 Å². The van der Waals surface area contributed by atoms with E-state index in [1.54, 1.807) is 0 Å². The van der Waals surface area contributed by atoms with Gasteiger partial charge >= 0.3 is 19.8 Å². The van der Waals surface area contributed by atoms with Gasteiger partial charge in [0.1, 0.15) is 6.61 Å². The number of hydrogen-bond acceptors (Lipinski definition) is 8. The van der Waals surface area contributed by atoms with Crippen LogP contribution in [0.4, 0.5) is 0 Å². The van der Waals surface area contributed by atoms with Gasteiger partial charge in [-0.25, -0.2) is 4.57 Å². The SMILES string of the molecule is CC(C)CCCCCCCCCCCC(=O)OCC(COP(=O)(O)OCCN)OC(=O)CCCCCCCCCCCC(C)C. The molecule has 0 aliphatic heterocycles. The Balaban J connectivity index is 4.24. The molecular weight excluding hydrogens is 593 g/mol. The monoisotopic (exact) mass is 663 g/mol. The van der Waals surface area contributed by atoms with Crippen molar-refractivity contribution >= 4 is 19.8 Å². The zero-order valence-electron chi connectivity index (χ0n) is 29.4. The number of unbranched alkanes of at least 4 members (excludes halogenated alkanes) is 16. The molecule has 0 aromatic heterocycles. The second-order valence-electron chi connectivity index (χ2n) is 13.4. The molecule has 0 rings (SSSR count). The smallest absolute Gasteiger partial charge is 0.462 e. The third-order valence-electron chi connectivity index (χ3n) is 7.85. The van der Waals surface area contributed by atoms with E-state index in [0.717, 1.165) is 43.9 Å². The molecule has 0 fully saturated rings. The summed E-state index contributed by atoms with van der Waals surface area (Å²) in [6.45, 7) is 8.33. The van der Waals surface area contributed by atoms with Gasteiger partial charge in [0.2, 0.25) is 0 Å². The number of carbonyl (C=O) groups excluding carboxylic acids is 2. The van der Waals surface area contributed by atoms with Crippen molar-refractivity contribution in [2.45, 2.75) is 175 Å². The minimum Gasteiger partial charge on any atom is -0.462 e. The number of esters is 2. The Morgan fingerprint density at radius 3 is 1.42 bits per heavy atom. The van der Waals surface area contributed by atoms with Gasteiger partial charge in [0.15, 0.2) is 6.10 Å². The molecule has 3 N–H and O–H groups in total. The molecule has 0 spiro atoms. The molecule has 9 nitrogen and oxygen atoms in total. The molecule has 0 aromatic rings.